The van der Waals surface area contributed by atoms with Crippen LogP contribution >= 0.6 is 27.7 Å². The van der Waals surface area contributed by atoms with Crippen molar-refractivity contribution in [2.24, 2.45) is 0 Å². The van der Waals surface area contributed by atoms with Gasteiger partial charge >= 0.3 is 0 Å². The van der Waals surface area contributed by atoms with E-state index in [0.29, 0.717) is 0 Å². The fourth-order valence-electron chi connectivity index (χ4n) is 2.00. The molecule has 15 heavy (non-hydrogen) atoms. The first kappa shape index (κ1) is 11.2. The van der Waals surface area contributed by atoms with E-state index in [1.807, 2.05) is 17.8 Å². The zero-order chi connectivity index (χ0) is 11.1. The summed E-state index contributed by atoms with van der Waals surface area (Å²) in [5.41, 5.74) is 1.17. The Morgan fingerprint density at radius 1 is 1.53 bits per heavy atom. The Morgan fingerprint density at radius 2 is 2.27 bits per heavy atom. The fourth-order valence-corrected chi connectivity index (χ4v) is 3.70. The maximum absolute atomic E-state index is 11.1. The molecule has 1 unspecified atom stereocenters. The molecule has 0 N–H and O–H groups in total. The summed E-state index contributed by atoms with van der Waals surface area (Å²) in [6.07, 6.45) is 2.00. The molecule has 80 valence electrons. The van der Waals surface area contributed by atoms with Crippen molar-refractivity contribution in [3.63, 3.8) is 0 Å². The summed E-state index contributed by atoms with van der Waals surface area (Å²) in [6, 6.07) is 6.20. The van der Waals surface area contributed by atoms with Crippen LogP contribution in [0.15, 0.2) is 27.6 Å². The van der Waals surface area contributed by atoms with E-state index in [2.05, 4.69) is 41.9 Å². The molecule has 1 aromatic rings. The molecule has 0 spiro atoms. The Kier molecular flexibility index (Phi) is 2.95. The first-order valence-electron chi connectivity index (χ1n) is 4.95. The summed E-state index contributed by atoms with van der Waals surface area (Å²) in [5.74, 6) is 0.0498. The van der Waals surface area contributed by atoms with Crippen LogP contribution < -0.4 is 0 Å². The van der Waals surface area contributed by atoms with Gasteiger partial charge in [0.1, 0.15) is 6.29 Å². The van der Waals surface area contributed by atoms with E-state index in [0.717, 1.165) is 17.2 Å². The molecule has 0 fully saturated rings. The summed E-state index contributed by atoms with van der Waals surface area (Å²) in [5, 5.41) is 0. The topological polar surface area (TPSA) is 17.1 Å². The van der Waals surface area contributed by atoms with Gasteiger partial charge in [0.05, 0.1) is 0 Å². The molecule has 0 aromatic heterocycles. The number of carbonyl (C=O) groups excluding carboxylic acids is 1. The highest BCUT2D eigenvalue weighted by Crippen LogP contribution is 2.47. The molecule has 1 aliphatic heterocycles. The molecule has 3 heteroatoms. The van der Waals surface area contributed by atoms with Crippen molar-refractivity contribution in [3.8, 4) is 0 Å². The number of fused-ring (bicyclic) bond motifs is 1. The minimum Gasteiger partial charge on any atom is -0.303 e. The summed E-state index contributed by atoms with van der Waals surface area (Å²) in [4.78, 5) is 12.3. The molecular weight excluding hydrogens is 272 g/mol. The number of rotatable bonds is 1. The molecule has 1 aromatic carbocycles. The van der Waals surface area contributed by atoms with E-state index in [9.17, 15) is 4.79 Å². The SMILES string of the molecule is CC1(C)CC(C=O)c2cc(Br)ccc2S1. The molecule has 0 amide bonds. The highest BCUT2D eigenvalue weighted by Gasteiger charge is 2.32. The first-order chi connectivity index (χ1) is 7.02. The zero-order valence-corrected chi connectivity index (χ0v) is 11.2. The van der Waals surface area contributed by atoms with Crippen LogP contribution in [0.2, 0.25) is 0 Å². The molecule has 0 saturated carbocycles. The van der Waals surface area contributed by atoms with Gasteiger partial charge < -0.3 is 4.79 Å². The van der Waals surface area contributed by atoms with Gasteiger partial charge in [-0.05, 0) is 30.2 Å². The van der Waals surface area contributed by atoms with Crippen molar-refractivity contribution in [1.29, 1.82) is 0 Å². The average Bonchev–Trinajstić information content (AvgIpc) is 2.16. The number of hydrogen-bond acceptors (Lipinski definition) is 2. The van der Waals surface area contributed by atoms with E-state index < -0.39 is 0 Å². The van der Waals surface area contributed by atoms with Crippen molar-refractivity contribution in [3.05, 3.63) is 28.2 Å². The van der Waals surface area contributed by atoms with Crippen molar-refractivity contribution in [1.82, 2.24) is 0 Å². The zero-order valence-electron chi connectivity index (χ0n) is 8.79. The molecule has 0 bridgehead atoms. The Hall–Kier alpha value is -0.280. The lowest BCUT2D eigenvalue weighted by molar-refractivity contribution is -0.109. The van der Waals surface area contributed by atoms with E-state index in [1.165, 1.54) is 10.5 Å². The molecule has 0 radical (unpaired) electrons. The van der Waals surface area contributed by atoms with E-state index in [-0.39, 0.29) is 10.7 Å². The fraction of sp³-hybridized carbons (Fsp3) is 0.417. The maximum atomic E-state index is 11.1. The molecule has 2 rings (SSSR count). The molecule has 0 aliphatic carbocycles. The lowest BCUT2D eigenvalue weighted by Crippen LogP contribution is -2.24. The van der Waals surface area contributed by atoms with Gasteiger partial charge in [-0.3, -0.25) is 0 Å². The summed E-state index contributed by atoms with van der Waals surface area (Å²) in [7, 11) is 0. The second kappa shape index (κ2) is 3.95. The number of thioether (sulfide) groups is 1. The van der Waals surface area contributed by atoms with Crippen LogP contribution in [0.3, 0.4) is 0 Å². The highest BCUT2D eigenvalue weighted by molar-refractivity contribution is 9.10. The lowest BCUT2D eigenvalue weighted by atomic mass is 9.90. The summed E-state index contributed by atoms with van der Waals surface area (Å²) < 4.78 is 1.21. The Morgan fingerprint density at radius 3 is 2.93 bits per heavy atom. The summed E-state index contributed by atoms with van der Waals surface area (Å²) in [6.45, 7) is 4.39. The van der Waals surface area contributed by atoms with Gasteiger partial charge in [-0.15, -0.1) is 11.8 Å². The molecule has 1 heterocycles. The Bertz CT molecular complexity index is 401. The minimum absolute atomic E-state index is 0.0498. The van der Waals surface area contributed by atoms with Gasteiger partial charge in [0.15, 0.2) is 0 Å². The smallest absolute Gasteiger partial charge is 0.127 e. The lowest BCUT2D eigenvalue weighted by Gasteiger charge is -2.34. The van der Waals surface area contributed by atoms with Crippen LogP contribution in [0.1, 0.15) is 31.7 Å². The van der Waals surface area contributed by atoms with E-state index >= 15 is 0 Å². The third-order valence-electron chi connectivity index (χ3n) is 2.63. The molecule has 1 nitrogen and oxygen atoms in total. The van der Waals surface area contributed by atoms with Gasteiger partial charge in [-0.2, -0.15) is 0 Å². The number of hydrogen-bond donors (Lipinski definition) is 0. The normalized spacial score (nSPS) is 23.3. The van der Waals surface area contributed by atoms with Crippen molar-refractivity contribution < 1.29 is 4.79 Å². The van der Waals surface area contributed by atoms with Crippen LogP contribution in [-0.4, -0.2) is 11.0 Å². The average molecular weight is 285 g/mol. The van der Waals surface area contributed by atoms with Crippen LogP contribution in [-0.2, 0) is 4.79 Å². The monoisotopic (exact) mass is 284 g/mol. The Labute approximate surface area is 103 Å². The second-order valence-corrected chi connectivity index (χ2v) is 7.16. The second-order valence-electron chi connectivity index (χ2n) is 4.49. The van der Waals surface area contributed by atoms with Crippen LogP contribution in [0.25, 0.3) is 0 Å². The predicted molar refractivity (Wildman–Crippen MR) is 67.5 cm³/mol. The van der Waals surface area contributed by atoms with Crippen molar-refractivity contribution >= 4 is 34.0 Å². The third-order valence-corrected chi connectivity index (χ3v) is 4.44. The quantitative estimate of drug-likeness (QED) is 0.725. The third kappa shape index (κ3) is 2.28. The number of aldehydes is 1. The first-order valence-corrected chi connectivity index (χ1v) is 6.56. The maximum Gasteiger partial charge on any atom is 0.127 e. The number of halogens is 1. The van der Waals surface area contributed by atoms with Crippen molar-refractivity contribution in [2.45, 2.75) is 35.8 Å². The van der Waals surface area contributed by atoms with Crippen LogP contribution in [0.4, 0.5) is 0 Å². The molecule has 0 saturated heterocycles. The predicted octanol–water partition coefficient (Wildman–Crippen LogP) is 4.01. The number of carbonyl (C=O) groups is 1. The molecular formula is C12H13BrOS. The molecule has 1 atom stereocenters. The van der Waals surface area contributed by atoms with Gasteiger partial charge in [-0.25, -0.2) is 0 Å². The van der Waals surface area contributed by atoms with Crippen LogP contribution in [0, 0.1) is 0 Å². The minimum atomic E-state index is 0.0498. The van der Waals surface area contributed by atoms with Gasteiger partial charge in [0.2, 0.25) is 0 Å². The van der Waals surface area contributed by atoms with E-state index in [4.69, 9.17) is 0 Å². The number of benzene rings is 1. The van der Waals surface area contributed by atoms with Gasteiger partial charge in [-0.1, -0.05) is 29.8 Å². The highest BCUT2D eigenvalue weighted by atomic mass is 79.9. The summed E-state index contributed by atoms with van der Waals surface area (Å²) >= 11 is 5.31. The van der Waals surface area contributed by atoms with Crippen molar-refractivity contribution in [2.75, 3.05) is 0 Å². The molecule has 1 aliphatic rings. The standard InChI is InChI=1S/C12H13BrOS/c1-12(2)6-8(7-14)10-5-9(13)3-4-11(10)15-12/h3-5,7-8H,6H2,1-2H3. The van der Waals surface area contributed by atoms with Crippen LogP contribution in [0.5, 0.6) is 0 Å². The van der Waals surface area contributed by atoms with E-state index in [1.54, 1.807) is 0 Å². The largest absolute Gasteiger partial charge is 0.303 e. The Balaban J connectivity index is 2.49. The van der Waals surface area contributed by atoms with Gasteiger partial charge in [0.25, 0.3) is 0 Å². The van der Waals surface area contributed by atoms with Gasteiger partial charge in [0, 0.05) is 20.0 Å².